The van der Waals surface area contributed by atoms with Crippen molar-refractivity contribution in [1.82, 2.24) is 4.90 Å². The first-order valence-corrected chi connectivity index (χ1v) is 6.73. The minimum Gasteiger partial charge on any atom is -0.372 e. The molecule has 0 aromatic heterocycles. The van der Waals surface area contributed by atoms with Gasteiger partial charge < -0.3 is 15.4 Å². The van der Waals surface area contributed by atoms with Gasteiger partial charge in [0.2, 0.25) is 5.91 Å². The fourth-order valence-electron chi connectivity index (χ4n) is 2.10. The molecule has 6 nitrogen and oxygen atoms in total. The molecule has 0 atom stereocenters. The minimum absolute atomic E-state index is 0.278. The third kappa shape index (κ3) is 3.81. The molecule has 0 aliphatic rings. The molecule has 0 fully saturated rings. The Labute approximate surface area is 123 Å². The number of amides is 2. The van der Waals surface area contributed by atoms with E-state index in [1.165, 1.54) is 17.0 Å². The lowest BCUT2D eigenvalue weighted by Crippen LogP contribution is -2.33. The number of esters is 1. The second kappa shape index (κ2) is 6.88. The summed E-state index contributed by atoms with van der Waals surface area (Å²) in [7, 11) is 0. The smallest absolute Gasteiger partial charge is 0.372 e. The summed E-state index contributed by atoms with van der Waals surface area (Å²) in [6.07, 6.45) is -0.678. The molecular formula is C15H20N2O4. The van der Waals surface area contributed by atoms with Gasteiger partial charge in [-0.3, -0.25) is 4.79 Å². The van der Waals surface area contributed by atoms with Crippen LogP contribution in [0.15, 0.2) is 12.1 Å². The zero-order chi connectivity index (χ0) is 16.2. The lowest BCUT2D eigenvalue weighted by Gasteiger charge is -2.18. The number of hydrogen-bond donors (Lipinski definition) is 1. The first kappa shape index (κ1) is 16.7. The van der Waals surface area contributed by atoms with Crippen LogP contribution in [0.4, 0.5) is 4.79 Å². The quantitative estimate of drug-likeness (QED) is 0.679. The van der Waals surface area contributed by atoms with E-state index in [0.29, 0.717) is 29.8 Å². The first-order chi connectivity index (χ1) is 9.81. The zero-order valence-electron chi connectivity index (χ0n) is 12.7. The lowest BCUT2D eigenvalue weighted by molar-refractivity contribution is 0.0548. The van der Waals surface area contributed by atoms with Gasteiger partial charge in [0.25, 0.3) is 0 Å². The predicted molar refractivity (Wildman–Crippen MR) is 78.2 cm³/mol. The zero-order valence-corrected chi connectivity index (χ0v) is 12.7. The van der Waals surface area contributed by atoms with E-state index >= 15 is 0 Å². The third-order valence-electron chi connectivity index (χ3n) is 3.22. The number of rotatable bonds is 4. The van der Waals surface area contributed by atoms with Crippen molar-refractivity contribution in [3.8, 4) is 0 Å². The molecule has 114 valence electrons. The van der Waals surface area contributed by atoms with Crippen LogP contribution in [0.1, 0.15) is 45.7 Å². The van der Waals surface area contributed by atoms with Crippen molar-refractivity contribution in [1.29, 1.82) is 0 Å². The van der Waals surface area contributed by atoms with Crippen molar-refractivity contribution >= 4 is 18.0 Å². The van der Waals surface area contributed by atoms with E-state index in [-0.39, 0.29) is 5.56 Å². The van der Waals surface area contributed by atoms with Gasteiger partial charge in [0.05, 0.1) is 5.56 Å². The Morgan fingerprint density at radius 2 is 1.57 bits per heavy atom. The number of carbonyl (C=O) groups is 3. The highest BCUT2D eigenvalue weighted by atomic mass is 16.6. The van der Waals surface area contributed by atoms with Crippen molar-refractivity contribution in [3.05, 3.63) is 34.4 Å². The maximum absolute atomic E-state index is 12.1. The summed E-state index contributed by atoms with van der Waals surface area (Å²) in [4.78, 5) is 36.5. The van der Waals surface area contributed by atoms with Crippen LogP contribution in [0.25, 0.3) is 0 Å². The summed E-state index contributed by atoms with van der Waals surface area (Å²) in [5.41, 5.74) is 6.90. The van der Waals surface area contributed by atoms with Crippen molar-refractivity contribution < 1.29 is 19.1 Å². The van der Waals surface area contributed by atoms with Crippen LogP contribution >= 0.6 is 0 Å². The van der Waals surface area contributed by atoms with Gasteiger partial charge in [-0.1, -0.05) is 0 Å². The van der Waals surface area contributed by atoms with Crippen molar-refractivity contribution in [2.24, 2.45) is 5.73 Å². The van der Waals surface area contributed by atoms with Crippen LogP contribution in [0.3, 0.4) is 0 Å². The standard InChI is InChI=1S/C15H20N2O4/c1-5-17(6-2)15(20)21-14(19)12-9(3)7-11(13(16)18)8-10(12)4/h7-8H,5-6H2,1-4H3,(H2,16,18). The summed E-state index contributed by atoms with van der Waals surface area (Å²) in [6.45, 7) is 7.85. The molecule has 2 amide bonds. The number of benzene rings is 1. The van der Waals surface area contributed by atoms with Gasteiger partial charge in [-0.05, 0) is 51.0 Å². The average Bonchev–Trinajstić information content (AvgIpc) is 2.38. The highest BCUT2D eigenvalue weighted by Crippen LogP contribution is 2.18. The highest BCUT2D eigenvalue weighted by molar-refractivity contribution is 6.00. The van der Waals surface area contributed by atoms with E-state index < -0.39 is 18.0 Å². The van der Waals surface area contributed by atoms with Gasteiger partial charge in [0.1, 0.15) is 0 Å². The molecule has 0 radical (unpaired) electrons. The Balaban J connectivity index is 3.03. The molecule has 0 heterocycles. The number of ether oxygens (including phenoxy) is 1. The molecule has 2 N–H and O–H groups in total. The maximum Gasteiger partial charge on any atom is 0.417 e. The van der Waals surface area contributed by atoms with Gasteiger partial charge in [-0.15, -0.1) is 0 Å². The van der Waals surface area contributed by atoms with Crippen LogP contribution in [0.5, 0.6) is 0 Å². The van der Waals surface area contributed by atoms with Crippen molar-refractivity contribution in [3.63, 3.8) is 0 Å². The molecule has 0 spiro atoms. The largest absolute Gasteiger partial charge is 0.417 e. The topological polar surface area (TPSA) is 89.7 Å². The Bertz CT molecular complexity index is 554. The number of carbonyl (C=O) groups excluding carboxylic acids is 3. The molecule has 21 heavy (non-hydrogen) atoms. The maximum atomic E-state index is 12.1. The minimum atomic E-state index is -0.724. The summed E-state index contributed by atoms with van der Waals surface area (Å²) in [5, 5.41) is 0. The molecule has 0 saturated heterocycles. The van der Waals surface area contributed by atoms with Crippen LogP contribution < -0.4 is 5.73 Å². The van der Waals surface area contributed by atoms with Crippen LogP contribution in [-0.4, -0.2) is 36.0 Å². The van der Waals surface area contributed by atoms with Crippen molar-refractivity contribution in [2.75, 3.05) is 13.1 Å². The fourth-order valence-corrected chi connectivity index (χ4v) is 2.10. The number of hydrogen-bond acceptors (Lipinski definition) is 4. The van der Waals surface area contributed by atoms with Gasteiger partial charge in [0.15, 0.2) is 0 Å². The van der Waals surface area contributed by atoms with Crippen LogP contribution in [0, 0.1) is 13.8 Å². The molecule has 1 aromatic rings. The van der Waals surface area contributed by atoms with Gasteiger partial charge in [-0.25, -0.2) is 9.59 Å². The molecular weight excluding hydrogens is 272 g/mol. The Hall–Kier alpha value is -2.37. The summed E-state index contributed by atoms with van der Waals surface area (Å²) < 4.78 is 4.87. The Morgan fingerprint density at radius 1 is 1.10 bits per heavy atom. The van der Waals surface area contributed by atoms with Gasteiger partial charge in [-0.2, -0.15) is 0 Å². The van der Waals surface area contributed by atoms with Crippen LogP contribution in [-0.2, 0) is 4.74 Å². The average molecular weight is 292 g/mol. The van der Waals surface area contributed by atoms with E-state index in [4.69, 9.17) is 10.5 Å². The second-order valence-electron chi connectivity index (χ2n) is 4.68. The number of aryl methyl sites for hydroxylation is 2. The first-order valence-electron chi connectivity index (χ1n) is 6.73. The Kier molecular flexibility index (Phi) is 5.46. The SMILES string of the molecule is CCN(CC)C(=O)OC(=O)c1c(C)cc(C(N)=O)cc1C. The second-order valence-corrected chi connectivity index (χ2v) is 4.68. The Morgan fingerprint density at radius 3 is 1.95 bits per heavy atom. The van der Waals surface area contributed by atoms with E-state index in [2.05, 4.69) is 0 Å². The molecule has 0 aliphatic heterocycles. The molecule has 6 heteroatoms. The van der Waals surface area contributed by atoms with Crippen LogP contribution in [0.2, 0.25) is 0 Å². The summed E-state index contributed by atoms with van der Waals surface area (Å²) in [6, 6.07) is 3.02. The normalized spacial score (nSPS) is 10.1. The highest BCUT2D eigenvalue weighted by Gasteiger charge is 2.21. The molecule has 0 saturated carbocycles. The lowest BCUT2D eigenvalue weighted by atomic mass is 9.99. The number of nitrogens with two attached hydrogens (primary N) is 1. The van der Waals surface area contributed by atoms with Gasteiger partial charge in [0, 0.05) is 18.7 Å². The third-order valence-corrected chi connectivity index (χ3v) is 3.22. The summed E-state index contributed by atoms with van der Waals surface area (Å²) in [5.74, 6) is -1.29. The fraction of sp³-hybridized carbons (Fsp3) is 0.400. The number of primary amides is 1. The molecule has 0 bridgehead atoms. The van der Waals surface area contributed by atoms with E-state index in [9.17, 15) is 14.4 Å². The number of nitrogens with zero attached hydrogens (tertiary/aromatic N) is 1. The predicted octanol–water partition coefficient (Wildman–Crippen LogP) is 2.02. The summed E-state index contributed by atoms with van der Waals surface area (Å²) >= 11 is 0. The van der Waals surface area contributed by atoms with Crippen molar-refractivity contribution in [2.45, 2.75) is 27.7 Å². The van der Waals surface area contributed by atoms with Gasteiger partial charge >= 0.3 is 12.1 Å². The molecule has 1 aromatic carbocycles. The molecule has 0 unspecified atom stereocenters. The molecule has 1 rings (SSSR count). The van der Waals surface area contributed by atoms with E-state index in [1.54, 1.807) is 27.7 Å². The monoisotopic (exact) mass is 292 g/mol. The molecule has 0 aliphatic carbocycles. The van der Waals surface area contributed by atoms with E-state index in [0.717, 1.165) is 0 Å². The van der Waals surface area contributed by atoms with E-state index in [1.807, 2.05) is 0 Å².